The average Bonchev–Trinajstić information content (AvgIpc) is 2.68. The van der Waals surface area contributed by atoms with E-state index >= 15 is 0 Å². The molecular weight excluding hydrogens is 338 g/mol. The minimum absolute atomic E-state index is 0.388. The summed E-state index contributed by atoms with van der Waals surface area (Å²) in [7, 11) is 4.52. The van der Waals surface area contributed by atoms with Crippen molar-refractivity contribution >= 4 is 23.7 Å². The Balaban J connectivity index is 1.97. The number of benzene rings is 2. The highest BCUT2D eigenvalue weighted by atomic mass is 16.5. The van der Waals surface area contributed by atoms with Gasteiger partial charge in [0.2, 0.25) is 0 Å². The van der Waals surface area contributed by atoms with Crippen molar-refractivity contribution < 1.29 is 23.8 Å². The SMILES string of the molecule is COc1ccccc1NC(=O)C(=O)N/N=C\c1ccc(OC)c(OC)c1. The topological polar surface area (TPSA) is 98.2 Å². The van der Waals surface area contributed by atoms with E-state index in [0.717, 1.165) is 0 Å². The molecule has 0 radical (unpaired) electrons. The average molecular weight is 357 g/mol. The van der Waals surface area contributed by atoms with Crippen molar-refractivity contribution in [3.8, 4) is 17.2 Å². The summed E-state index contributed by atoms with van der Waals surface area (Å²) in [5.74, 6) is -0.226. The first-order valence-corrected chi connectivity index (χ1v) is 7.58. The lowest BCUT2D eigenvalue weighted by atomic mass is 10.2. The van der Waals surface area contributed by atoms with E-state index in [9.17, 15) is 9.59 Å². The van der Waals surface area contributed by atoms with Crippen molar-refractivity contribution in [1.82, 2.24) is 5.43 Å². The number of rotatable bonds is 6. The molecule has 0 saturated heterocycles. The highest BCUT2D eigenvalue weighted by Gasteiger charge is 2.14. The number of hydrogen-bond acceptors (Lipinski definition) is 6. The summed E-state index contributed by atoms with van der Waals surface area (Å²) in [6.45, 7) is 0. The summed E-state index contributed by atoms with van der Waals surface area (Å²) >= 11 is 0. The molecule has 0 heterocycles. The van der Waals surface area contributed by atoms with Crippen molar-refractivity contribution in [2.45, 2.75) is 0 Å². The number of methoxy groups -OCH3 is 3. The highest BCUT2D eigenvalue weighted by molar-refractivity contribution is 6.39. The first-order chi connectivity index (χ1) is 12.6. The number of ether oxygens (including phenoxy) is 3. The predicted octanol–water partition coefficient (Wildman–Crippen LogP) is 1.80. The number of carbonyl (C=O) groups is 2. The van der Waals surface area contributed by atoms with Crippen molar-refractivity contribution in [2.24, 2.45) is 5.10 Å². The number of para-hydroxylation sites is 2. The molecule has 8 nitrogen and oxygen atoms in total. The number of hydrogen-bond donors (Lipinski definition) is 2. The van der Waals surface area contributed by atoms with Crippen LogP contribution in [0, 0.1) is 0 Å². The van der Waals surface area contributed by atoms with Gasteiger partial charge in [0.25, 0.3) is 0 Å². The second kappa shape index (κ2) is 9.07. The second-order valence-electron chi connectivity index (χ2n) is 4.97. The summed E-state index contributed by atoms with van der Waals surface area (Å²) in [6, 6.07) is 11.9. The van der Waals surface area contributed by atoms with Gasteiger partial charge in [0.05, 0.1) is 33.2 Å². The Bertz CT molecular complexity index is 820. The maximum absolute atomic E-state index is 11.9. The Labute approximate surface area is 150 Å². The zero-order chi connectivity index (χ0) is 18.9. The van der Waals surface area contributed by atoms with E-state index in [0.29, 0.717) is 28.5 Å². The van der Waals surface area contributed by atoms with Gasteiger partial charge in [-0.1, -0.05) is 12.1 Å². The molecule has 0 bridgehead atoms. The van der Waals surface area contributed by atoms with Crippen LogP contribution >= 0.6 is 0 Å². The molecule has 8 heteroatoms. The molecule has 2 aromatic carbocycles. The lowest BCUT2D eigenvalue weighted by molar-refractivity contribution is -0.136. The van der Waals surface area contributed by atoms with Crippen LogP contribution in [0.25, 0.3) is 0 Å². The maximum atomic E-state index is 11.9. The van der Waals surface area contributed by atoms with Crippen molar-refractivity contribution in [2.75, 3.05) is 26.6 Å². The molecule has 0 saturated carbocycles. The summed E-state index contributed by atoms with van der Waals surface area (Å²) in [5.41, 5.74) is 3.21. The number of amides is 2. The monoisotopic (exact) mass is 357 g/mol. The van der Waals surface area contributed by atoms with Gasteiger partial charge in [-0.25, -0.2) is 5.43 Å². The molecule has 0 atom stereocenters. The summed E-state index contributed by atoms with van der Waals surface area (Å²) in [6.07, 6.45) is 1.39. The van der Waals surface area contributed by atoms with E-state index in [2.05, 4.69) is 15.8 Å². The summed E-state index contributed by atoms with van der Waals surface area (Å²) < 4.78 is 15.4. The van der Waals surface area contributed by atoms with Gasteiger partial charge in [-0.2, -0.15) is 5.10 Å². The fourth-order valence-electron chi connectivity index (χ4n) is 2.08. The zero-order valence-corrected chi connectivity index (χ0v) is 14.6. The normalized spacial score (nSPS) is 10.3. The molecule has 26 heavy (non-hydrogen) atoms. The minimum Gasteiger partial charge on any atom is -0.495 e. The van der Waals surface area contributed by atoms with Crippen LogP contribution in [0.15, 0.2) is 47.6 Å². The van der Waals surface area contributed by atoms with Crippen LogP contribution in [0.3, 0.4) is 0 Å². The third kappa shape index (κ3) is 4.73. The van der Waals surface area contributed by atoms with Gasteiger partial charge in [-0.3, -0.25) is 9.59 Å². The van der Waals surface area contributed by atoms with Gasteiger partial charge < -0.3 is 19.5 Å². The first-order valence-electron chi connectivity index (χ1n) is 7.58. The third-order valence-electron chi connectivity index (χ3n) is 3.35. The van der Waals surface area contributed by atoms with Gasteiger partial charge in [-0.05, 0) is 35.9 Å². The van der Waals surface area contributed by atoms with Gasteiger partial charge in [0.15, 0.2) is 11.5 Å². The maximum Gasteiger partial charge on any atom is 0.329 e. The summed E-state index contributed by atoms with van der Waals surface area (Å²) in [4.78, 5) is 23.8. The molecule has 0 aliphatic rings. The molecule has 0 aliphatic heterocycles. The standard InChI is InChI=1S/C18H19N3O5/c1-24-14-7-5-4-6-13(14)20-17(22)18(23)21-19-11-12-8-9-15(25-2)16(10-12)26-3/h4-11H,1-3H3,(H,20,22)(H,21,23)/b19-11-. The molecule has 0 fully saturated rings. The van der Waals surface area contributed by atoms with Crippen LogP contribution < -0.4 is 25.0 Å². The second-order valence-corrected chi connectivity index (χ2v) is 4.97. The van der Waals surface area contributed by atoms with Crippen molar-refractivity contribution in [3.63, 3.8) is 0 Å². The van der Waals surface area contributed by atoms with Crippen molar-refractivity contribution in [3.05, 3.63) is 48.0 Å². The molecule has 136 valence electrons. The third-order valence-corrected chi connectivity index (χ3v) is 3.35. The molecule has 2 aromatic rings. The van der Waals surface area contributed by atoms with Gasteiger partial charge >= 0.3 is 11.8 Å². The van der Waals surface area contributed by atoms with E-state index in [4.69, 9.17) is 14.2 Å². The lowest BCUT2D eigenvalue weighted by Gasteiger charge is -2.08. The van der Waals surface area contributed by atoms with Crippen LogP contribution in [-0.4, -0.2) is 39.4 Å². The number of nitrogens with zero attached hydrogens (tertiary/aromatic N) is 1. The van der Waals surface area contributed by atoms with E-state index in [-0.39, 0.29) is 0 Å². The minimum atomic E-state index is -0.910. The fourth-order valence-corrected chi connectivity index (χ4v) is 2.08. The Morgan fingerprint density at radius 1 is 0.885 bits per heavy atom. The number of nitrogens with one attached hydrogen (secondary N) is 2. The van der Waals surface area contributed by atoms with Crippen molar-refractivity contribution in [1.29, 1.82) is 0 Å². The molecule has 2 rings (SSSR count). The predicted molar refractivity (Wildman–Crippen MR) is 96.9 cm³/mol. The number of hydrazone groups is 1. The van der Waals surface area contributed by atoms with E-state index in [1.54, 1.807) is 42.5 Å². The molecule has 2 amide bonds. The summed E-state index contributed by atoms with van der Waals surface area (Å²) in [5, 5.41) is 6.22. The molecule has 0 aromatic heterocycles. The van der Waals surface area contributed by atoms with E-state index in [1.807, 2.05) is 0 Å². The molecule has 0 unspecified atom stereocenters. The number of carbonyl (C=O) groups excluding carboxylic acids is 2. The van der Waals surface area contributed by atoms with Crippen LogP contribution in [-0.2, 0) is 9.59 Å². The van der Waals surface area contributed by atoms with Gasteiger partial charge in [-0.15, -0.1) is 0 Å². The van der Waals surface area contributed by atoms with Crippen LogP contribution in [0.1, 0.15) is 5.56 Å². The zero-order valence-electron chi connectivity index (χ0n) is 14.6. The molecule has 0 aliphatic carbocycles. The van der Waals surface area contributed by atoms with Crippen LogP contribution in [0.2, 0.25) is 0 Å². The quantitative estimate of drug-likeness (QED) is 0.467. The van der Waals surface area contributed by atoms with Crippen LogP contribution in [0.5, 0.6) is 17.2 Å². The highest BCUT2D eigenvalue weighted by Crippen LogP contribution is 2.26. The Kier molecular flexibility index (Phi) is 6.55. The molecule has 0 spiro atoms. The first kappa shape index (κ1) is 18.8. The fraction of sp³-hybridized carbons (Fsp3) is 0.167. The largest absolute Gasteiger partial charge is 0.495 e. The van der Waals surface area contributed by atoms with E-state index < -0.39 is 11.8 Å². The Hall–Kier alpha value is -3.55. The van der Waals surface area contributed by atoms with Crippen LogP contribution in [0.4, 0.5) is 5.69 Å². The van der Waals surface area contributed by atoms with Gasteiger partial charge in [0.1, 0.15) is 5.75 Å². The molecular formula is C18H19N3O5. The van der Waals surface area contributed by atoms with E-state index in [1.165, 1.54) is 27.5 Å². The number of anilines is 1. The Morgan fingerprint density at radius 2 is 1.58 bits per heavy atom. The Morgan fingerprint density at radius 3 is 2.27 bits per heavy atom. The lowest BCUT2D eigenvalue weighted by Crippen LogP contribution is -2.32. The molecule has 2 N–H and O–H groups in total. The smallest absolute Gasteiger partial charge is 0.329 e. The van der Waals surface area contributed by atoms with Gasteiger partial charge in [0, 0.05) is 0 Å².